The number of H-pyrrole nitrogens is 1. The Hall–Kier alpha value is -3.32. The van der Waals surface area contributed by atoms with Crippen LogP contribution in [0.5, 0.6) is 0 Å². The molecule has 4 nitrogen and oxygen atoms in total. The van der Waals surface area contributed by atoms with Gasteiger partial charge in [-0.05, 0) is 29.3 Å². The lowest BCUT2D eigenvalue weighted by Crippen LogP contribution is -2.12. The number of hydrogen-bond donors (Lipinski definition) is 2. The molecule has 106 valence electrons. The van der Waals surface area contributed by atoms with Crippen LogP contribution in [0.25, 0.3) is 22.4 Å². The number of nitrogens with one attached hydrogen (secondary N) is 1. The van der Waals surface area contributed by atoms with E-state index < -0.39 is 5.56 Å². The molecule has 0 bridgehead atoms. The lowest BCUT2D eigenvalue weighted by atomic mass is 9.99. The van der Waals surface area contributed by atoms with Gasteiger partial charge < -0.3 is 10.7 Å². The highest BCUT2D eigenvalue weighted by molar-refractivity contribution is 5.75. The second kappa shape index (κ2) is 5.58. The number of nitrogens with zero attached hydrogens (tertiary/aromatic N) is 1. The maximum Gasteiger partial charge on any atom is 0.266 e. The topological polar surface area (TPSA) is 82.7 Å². The summed E-state index contributed by atoms with van der Waals surface area (Å²) in [5.74, 6) is 0. The Balaban J connectivity index is 2.24. The lowest BCUT2D eigenvalue weighted by Gasteiger charge is -2.08. The highest BCUT2D eigenvalue weighted by Gasteiger charge is 2.12. The van der Waals surface area contributed by atoms with Gasteiger partial charge in [0, 0.05) is 16.9 Å². The number of anilines is 1. The van der Waals surface area contributed by atoms with Crippen molar-refractivity contribution in [3.8, 4) is 28.5 Å². The average molecular weight is 287 g/mol. The second-order valence-electron chi connectivity index (χ2n) is 4.90. The van der Waals surface area contributed by atoms with Crippen LogP contribution in [0.3, 0.4) is 0 Å². The van der Waals surface area contributed by atoms with Crippen molar-refractivity contribution in [1.82, 2.24) is 4.98 Å². The molecule has 0 saturated carbocycles. The van der Waals surface area contributed by atoms with Gasteiger partial charge in [0.1, 0.15) is 11.6 Å². The largest absolute Gasteiger partial charge is 0.399 e. The van der Waals surface area contributed by atoms with Gasteiger partial charge >= 0.3 is 0 Å². The van der Waals surface area contributed by atoms with E-state index in [2.05, 4.69) is 4.98 Å². The molecule has 0 aliphatic carbocycles. The number of hydrogen-bond acceptors (Lipinski definition) is 3. The molecule has 0 atom stereocenters. The average Bonchev–Trinajstić information content (AvgIpc) is 2.55. The van der Waals surface area contributed by atoms with E-state index in [1.807, 2.05) is 54.6 Å². The zero-order valence-electron chi connectivity index (χ0n) is 11.7. The van der Waals surface area contributed by atoms with E-state index in [0.717, 1.165) is 11.1 Å². The zero-order valence-corrected chi connectivity index (χ0v) is 11.7. The Morgan fingerprint density at radius 1 is 0.955 bits per heavy atom. The first-order valence-electron chi connectivity index (χ1n) is 6.78. The van der Waals surface area contributed by atoms with Crippen molar-refractivity contribution in [1.29, 1.82) is 5.26 Å². The molecule has 0 amide bonds. The van der Waals surface area contributed by atoms with Crippen LogP contribution in [0, 0.1) is 11.3 Å². The first-order chi connectivity index (χ1) is 10.7. The van der Waals surface area contributed by atoms with Gasteiger partial charge in [0.2, 0.25) is 0 Å². The fraction of sp³-hybridized carbons (Fsp3) is 0. The summed E-state index contributed by atoms with van der Waals surface area (Å²) in [7, 11) is 0. The third kappa shape index (κ3) is 2.48. The molecule has 0 aliphatic rings. The predicted octanol–water partition coefficient (Wildman–Crippen LogP) is 3.16. The summed E-state index contributed by atoms with van der Waals surface area (Å²) in [5.41, 5.74) is 9.02. The van der Waals surface area contributed by atoms with Gasteiger partial charge in [-0.3, -0.25) is 4.79 Å². The Bertz CT molecular complexity index is 904. The van der Waals surface area contributed by atoms with Gasteiger partial charge in [-0.15, -0.1) is 0 Å². The molecule has 0 fully saturated rings. The maximum absolute atomic E-state index is 12.2. The third-order valence-electron chi connectivity index (χ3n) is 3.45. The molecule has 0 unspecified atom stereocenters. The molecule has 2 aromatic carbocycles. The smallest absolute Gasteiger partial charge is 0.266 e. The Labute approximate surface area is 127 Å². The molecule has 3 rings (SSSR count). The van der Waals surface area contributed by atoms with Crippen LogP contribution in [0.1, 0.15) is 5.56 Å². The molecular weight excluding hydrogens is 274 g/mol. The molecule has 3 N–H and O–H groups in total. The molecule has 0 aliphatic heterocycles. The van der Waals surface area contributed by atoms with Crippen LogP contribution < -0.4 is 11.3 Å². The number of aromatic nitrogens is 1. The van der Waals surface area contributed by atoms with Crippen molar-refractivity contribution in [3.05, 3.63) is 76.6 Å². The SMILES string of the molecule is N#Cc1c(-c2ccccc2)cc(-c2ccc(N)cc2)[nH]c1=O. The summed E-state index contributed by atoms with van der Waals surface area (Å²) in [6.07, 6.45) is 0. The molecule has 4 heteroatoms. The molecule has 0 spiro atoms. The van der Waals surface area contributed by atoms with Crippen molar-refractivity contribution in [2.24, 2.45) is 0 Å². The normalized spacial score (nSPS) is 10.1. The van der Waals surface area contributed by atoms with Gasteiger partial charge in [0.25, 0.3) is 5.56 Å². The Morgan fingerprint density at radius 2 is 1.64 bits per heavy atom. The maximum atomic E-state index is 12.2. The second-order valence-corrected chi connectivity index (χ2v) is 4.90. The van der Waals surface area contributed by atoms with E-state index in [4.69, 9.17) is 5.73 Å². The first kappa shape index (κ1) is 13.7. The van der Waals surface area contributed by atoms with E-state index in [1.165, 1.54) is 0 Å². The van der Waals surface area contributed by atoms with Gasteiger partial charge in [-0.25, -0.2) is 0 Å². The number of benzene rings is 2. The summed E-state index contributed by atoms with van der Waals surface area (Å²) in [5, 5.41) is 9.27. The Morgan fingerprint density at radius 3 is 2.27 bits per heavy atom. The van der Waals surface area contributed by atoms with Crippen LogP contribution >= 0.6 is 0 Å². The highest BCUT2D eigenvalue weighted by Crippen LogP contribution is 2.26. The van der Waals surface area contributed by atoms with Gasteiger partial charge in [0.15, 0.2) is 0 Å². The molecular formula is C18H13N3O. The molecule has 22 heavy (non-hydrogen) atoms. The number of pyridine rings is 1. The van der Waals surface area contributed by atoms with Crippen molar-refractivity contribution >= 4 is 5.69 Å². The monoisotopic (exact) mass is 287 g/mol. The minimum atomic E-state index is -0.393. The molecule has 0 radical (unpaired) electrons. The first-order valence-corrected chi connectivity index (χ1v) is 6.78. The minimum absolute atomic E-state index is 0.116. The lowest BCUT2D eigenvalue weighted by molar-refractivity contribution is 1.22. The summed E-state index contributed by atoms with van der Waals surface area (Å²) in [6.45, 7) is 0. The summed E-state index contributed by atoms with van der Waals surface area (Å²) < 4.78 is 0. The van der Waals surface area contributed by atoms with Crippen LogP contribution in [-0.2, 0) is 0 Å². The van der Waals surface area contributed by atoms with Crippen molar-refractivity contribution < 1.29 is 0 Å². The van der Waals surface area contributed by atoms with Crippen LogP contribution in [0.15, 0.2) is 65.5 Å². The summed E-state index contributed by atoms with van der Waals surface area (Å²) >= 11 is 0. The fourth-order valence-corrected chi connectivity index (χ4v) is 2.33. The standard InChI is InChI=1S/C18H13N3O/c19-11-16-15(12-4-2-1-3-5-12)10-17(21-18(16)22)13-6-8-14(20)9-7-13/h1-10H,20H2,(H,21,22). The van der Waals surface area contributed by atoms with E-state index in [9.17, 15) is 10.1 Å². The molecule has 1 aromatic heterocycles. The molecule has 0 saturated heterocycles. The van der Waals surface area contributed by atoms with Crippen LogP contribution in [0.2, 0.25) is 0 Å². The van der Waals surface area contributed by atoms with Gasteiger partial charge in [0.05, 0.1) is 0 Å². The predicted molar refractivity (Wildman–Crippen MR) is 87.1 cm³/mol. The van der Waals surface area contributed by atoms with Gasteiger partial charge in [-0.1, -0.05) is 42.5 Å². The summed E-state index contributed by atoms with van der Waals surface area (Å²) in [4.78, 5) is 15.0. The highest BCUT2D eigenvalue weighted by atomic mass is 16.1. The summed E-state index contributed by atoms with van der Waals surface area (Å²) in [6, 6.07) is 20.4. The van der Waals surface area contributed by atoms with Crippen LogP contribution in [-0.4, -0.2) is 4.98 Å². The number of aromatic amines is 1. The number of nitrogen functional groups attached to an aromatic ring is 1. The van der Waals surface area contributed by atoms with E-state index in [1.54, 1.807) is 12.1 Å². The van der Waals surface area contributed by atoms with Crippen molar-refractivity contribution in [2.75, 3.05) is 5.73 Å². The third-order valence-corrected chi connectivity index (χ3v) is 3.45. The van der Waals surface area contributed by atoms with Crippen molar-refractivity contribution in [2.45, 2.75) is 0 Å². The minimum Gasteiger partial charge on any atom is -0.399 e. The number of nitriles is 1. The number of rotatable bonds is 2. The van der Waals surface area contributed by atoms with Crippen LogP contribution in [0.4, 0.5) is 5.69 Å². The number of nitrogens with two attached hydrogens (primary N) is 1. The van der Waals surface area contributed by atoms with E-state index >= 15 is 0 Å². The van der Waals surface area contributed by atoms with Gasteiger partial charge in [-0.2, -0.15) is 5.26 Å². The Kier molecular flexibility index (Phi) is 3.47. The zero-order chi connectivity index (χ0) is 15.5. The fourth-order valence-electron chi connectivity index (χ4n) is 2.33. The van der Waals surface area contributed by atoms with E-state index in [-0.39, 0.29) is 5.56 Å². The van der Waals surface area contributed by atoms with Crippen molar-refractivity contribution in [3.63, 3.8) is 0 Å². The molecule has 3 aromatic rings. The van der Waals surface area contributed by atoms with E-state index in [0.29, 0.717) is 16.9 Å². The molecule has 1 heterocycles. The quantitative estimate of drug-likeness (QED) is 0.710.